The van der Waals surface area contributed by atoms with Crippen molar-refractivity contribution >= 4 is 51.2 Å². The van der Waals surface area contributed by atoms with Crippen molar-refractivity contribution in [2.45, 2.75) is 0 Å². The maximum absolute atomic E-state index is 5.72. The largest absolute Gasteiger partial charge is 0.497 e. The van der Waals surface area contributed by atoms with Crippen molar-refractivity contribution in [3.8, 4) is 57.1 Å². The number of hydrogen-bond acceptors (Lipinski definition) is 11. The first kappa shape index (κ1) is 45.1. The summed E-state index contributed by atoms with van der Waals surface area (Å²) in [5.74, 6) is 5.18. The summed E-state index contributed by atoms with van der Waals surface area (Å²) < 4.78 is 45.8. The van der Waals surface area contributed by atoms with E-state index in [1.807, 2.05) is 78.9 Å². The molecule has 0 unspecified atom stereocenters. The lowest BCUT2D eigenvalue weighted by Gasteiger charge is -2.30. The van der Waals surface area contributed by atoms with Gasteiger partial charge in [0.15, 0.2) is 0 Å². The second kappa shape index (κ2) is 20.6. The molecule has 11 nitrogen and oxygen atoms in total. The molecule has 0 fully saturated rings. The van der Waals surface area contributed by atoms with Crippen LogP contribution in [-0.2, 0) is 0 Å². The highest BCUT2D eigenvalue weighted by atomic mass is 16.5. The normalized spacial score (nSPS) is 10.7. The molecule has 0 radical (unpaired) electrons. The molecule has 8 aromatic rings. The number of methoxy groups -OCH3 is 8. The summed E-state index contributed by atoms with van der Waals surface area (Å²) in [5, 5.41) is 0. The monoisotopic (exact) mass is 895 g/mol. The number of ether oxygens (including phenoxy) is 8. The molecule has 11 heteroatoms. The Hall–Kier alpha value is -8.44. The van der Waals surface area contributed by atoms with Crippen LogP contribution >= 0.6 is 0 Å². The minimum absolute atomic E-state index is 0.647. The molecule has 0 aliphatic heterocycles. The zero-order chi connectivity index (χ0) is 46.9. The van der Waals surface area contributed by atoms with Crippen molar-refractivity contribution in [1.82, 2.24) is 0 Å². The highest BCUT2D eigenvalue weighted by Crippen LogP contribution is 2.46. The van der Waals surface area contributed by atoms with Gasteiger partial charge in [0.2, 0.25) is 0 Å². The van der Waals surface area contributed by atoms with Crippen LogP contribution in [0, 0.1) is 0 Å². The summed E-state index contributed by atoms with van der Waals surface area (Å²) in [6.07, 6.45) is 0. The fraction of sp³-hybridized carbons (Fsp3) is 0.143. The molecule has 0 heterocycles. The highest BCUT2D eigenvalue weighted by molar-refractivity contribution is 5.85. The molecule has 8 rings (SSSR count). The second-order valence-electron chi connectivity index (χ2n) is 15.2. The molecule has 340 valence electrons. The molecule has 0 bridgehead atoms. The number of benzene rings is 8. The van der Waals surface area contributed by atoms with Gasteiger partial charge >= 0.3 is 0 Å². The van der Waals surface area contributed by atoms with E-state index in [0.29, 0.717) is 46.0 Å². The third-order valence-electron chi connectivity index (χ3n) is 11.3. The van der Waals surface area contributed by atoms with Crippen molar-refractivity contribution in [2.24, 2.45) is 0 Å². The van der Waals surface area contributed by atoms with Gasteiger partial charge in [0.25, 0.3) is 0 Å². The zero-order valence-electron chi connectivity index (χ0n) is 38.9. The van der Waals surface area contributed by atoms with Gasteiger partial charge in [-0.2, -0.15) is 0 Å². The van der Waals surface area contributed by atoms with Gasteiger partial charge < -0.3 is 52.6 Å². The van der Waals surface area contributed by atoms with Crippen LogP contribution in [-0.4, -0.2) is 56.9 Å². The molecule has 0 atom stereocenters. The van der Waals surface area contributed by atoms with Crippen molar-refractivity contribution < 1.29 is 37.9 Å². The summed E-state index contributed by atoms with van der Waals surface area (Å²) >= 11 is 0. The fourth-order valence-electron chi connectivity index (χ4n) is 7.96. The first-order valence-electron chi connectivity index (χ1n) is 21.5. The lowest BCUT2D eigenvalue weighted by Crippen LogP contribution is -2.13. The molecule has 0 saturated carbocycles. The molecule has 0 amide bonds. The summed E-state index contributed by atoms with van der Waals surface area (Å²) in [5.41, 5.74) is 10.1. The van der Waals surface area contributed by atoms with Crippen molar-refractivity contribution in [1.29, 1.82) is 0 Å². The lowest BCUT2D eigenvalue weighted by molar-refractivity contribution is 0.393. The van der Waals surface area contributed by atoms with E-state index >= 15 is 0 Å². The van der Waals surface area contributed by atoms with Crippen molar-refractivity contribution in [3.05, 3.63) is 176 Å². The molecule has 8 aromatic carbocycles. The Morgan fingerprint density at radius 2 is 0.403 bits per heavy atom. The van der Waals surface area contributed by atoms with E-state index in [2.05, 4.69) is 112 Å². The van der Waals surface area contributed by atoms with E-state index in [9.17, 15) is 0 Å². The third kappa shape index (κ3) is 9.96. The third-order valence-corrected chi connectivity index (χ3v) is 11.3. The van der Waals surface area contributed by atoms with E-state index in [1.54, 1.807) is 56.9 Å². The minimum atomic E-state index is 0.647. The Balaban J connectivity index is 1.26. The number of nitrogens with zero attached hydrogens (tertiary/aromatic N) is 3. The predicted molar refractivity (Wildman–Crippen MR) is 268 cm³/mol. The van der Waals surface area contributed by atoms with Crippen LogP contribution in [0.1, 0.15) is 0 Å². The van der Waals surface area contributed by atoms with Crippen molar-refractivity contribution in [3.63, 3.8) is 0 Å². The summed E-state index contributed by atoms with van der Waals surface area (Å²) in [7, 11) is 13.1. The summed E-state index contributed by atoms with van der Waals surface area (Å²) in [4.78, 5) is 6.47. The smallest absolute Gasteiger partial charge is 0.124 e. The van der Waals surface area contributed by atoms with E-state index in [4.69, 9.17) is 37.9 Å². The van der Waals surface area contributed by atoms with Gasteiger partial charge in [-0.3, -0.25) is 0 Å². The van der Waals surface area contributed by atoms with Gasteiger partial charge in [0.1, 0.15) is 46.0 Å². The fourth-order valence-corrected chi connectivity index (χ4v) is 7.96. The Morgan fingerprint density at radius 1 is 0.209 bits per heavy atom. The molecule has 0 saturated heterocycles. The van der Waals surface area contributed by atoms with E-state index < -0.39 is 0 Å². The van der Waals surface area contributed by atoms with Crippen LogP contribution in [0.3, 0.4) is 0 Å². The molecule has 0 aliphatic rings. The Labute approximate surface area is 392 Å². The molecule has 0 spiro atoms. The van der Waals surface area contributed by atoms with E-state index in [0.717, 1.165) is 62.3 Å². The van der Waals surface area contributed by atoms with Crippen LogP contribution in [0.5, 0.6) is 46.0 Å². The van der Waals surface area contributed by atoms with Crippen LogP contribution in [0.15, 0.2) is 176 Å². The van der Waals surface area contributed by atoms with Gasteiger partial charge in [-0.1, -0.05) is 42.5 Å². The number of anilines is 9. The quantitative estimate of drug-likeness (QED) is 0.0825. The molecule has 0 N–H and O–H groups in total. The first-order valence-corrected chi connectivity index (χ1v) is 21.5. The van der Waals surface area contributed by atoms with E-state index in [-0.39, 0.29) is 0 Å². The van der Waals surface area contributed by atoms with Gasteiger partial charge in [-0.25, -0.2) is 0 Å². The highest BCUT2D eigenvalue weighted by Gasteiger charge is 2.22. The standard InChI is InChI=1S/C56H53N3O8/c1-60-49-26-45(27-50(34-49)61-2)58(46-28-51(62-3)35-52(29-46)63-4)43-22-18-41(19-23-43)57(40-16-14-39(15-17-40)38-12-10-9-11-13-38)42-20-24-44(25-21-42)59(47-30-53(64-5)36-54(31-47)65-6)48-32-55(66-7)37-56(33-48)67-8/h9-37H,1-8H3. The molecular formula is C56H53N3O8. The maximum atomic E-state index is 5.72. The summed E-state index contributed by atoms with van der Waals surface area (Å²) in [6, 6.07) is 59.0. The zero-order valence-corrected chi connectivity index (χ0v) is 38.9. The topological polar surface area (TPSA) is 83.6 Å². The molecule has 0 aromatic heterocycles. The van der Waals surface area contributed by atoms with Crippen LogP contribution < -0.4 is 52.6 Å². The minimum Gasteiger partial charge on any atom is -0.497 e. The van der Waals surface area contributed by atoms with Crippen molar-refractivity contribution in [2.75, 3.05) is 71.6 Å². The van der Waals surface area contributed by atoms with Crippen LogP contribution in [0.2, 0.25) is 0 Å². The predicted octanol–water partition coefficient (Wildman–Crippen LogP) is 13.8. The molecule has 67 heavy (non-hydrogen) atoms. The average Bonchev–Trinajstić information content (AvgIpc) is 3.39. The SMILES string of the molecule is COc1cc(OC)cc(N(c2ccc(N(c3ccc(-c4ccccc4)cc3)c3ccc(N(c4cc(OC)cc(OC)c4)c4cc(OC)cc(OC)c4)cc3)cc2)c2cc(OC)cc(OC)c2)c1. The van der Waals surface area contributed by atoms with Crippen LogP contribution in [0.4, 0.5) is 51.2 Å². The maximum Gasteiger partial charge on any atom is 0.124 e. The van der Waals surface area contributed by atoms with Gasteiger partial charge in [-0.15, -0.1) is 0 Å². The first-order chi connectivity index (χ1) is 32.8. The van der Waals surface area contributed by atoms with E-state index in [1.165, 1.54) is 0 Å². The van der Waals surface area contributed by atoms with Gasteiger partial charge in [-0.05, 0) is 71.8 Å². The summed E-state index contributed by atoms with van der Waals surface area (Å²) in [6.45, 7) is 0. The van der Waals surface area contributed by atoms with Crippen LogP contribution in [0.25, 0.3) is 11.1 Å². The lowest BCUT2D eigenvalue weighted by atomic mass is 10.0. The van der Waals surface area contributed by atoms with Gasteiger partial charge in [0, 0.05) is 101 Å². The Kier molecular flexibility index (Phi) is 13.9. The number of rotatable bonds is 18. The number of hydrogen-bond donors (Lipinski definition) is 0. The average molecular weight is 896 g/mol. The second-order valence-corrected chi connectivity index (χ2v) is 15.2. The Morgan fingerprint density at radius 3 is 0.627 bits per heavy atom. The molecular weight excluding hydrogens is 843 g/mol. The van der Waals surface area contributed by atoms with Gasteiger partial charge in [0.05, 0.1) is 79.6 Å². The molecule has 0 aliphatic carbocycles. The Bertz CT molecular complexity index is 2550.